The van der Waals surface area contributed by atoms with Crippen LogP contribution in [0.15, 0.2) is 109 Å². The van der Waals surface area contributed by atoms with E-state index in [-0.39, 0.29) is 11.5 Å². The van der Waals surface area contributed by atoms with Crippen LogP contribution in [0.4, 0.5) is 0 Å². The second kappa shape index (κ2) is 7.88. The van der Waals surface area contributed by atoms with Gasteiger partial charge in [-0.25, -0.2) is 0 Å². The van der Waals surface area contributed by atoms with E-state index in [4.69, 9.17) is 0 Å². The third-order valence-electron chi connectivity index (χ3n) is 5.31. The Kier molecular flexibility index (Phi) is 5.14. The van der Waals surface area contributed by atoms with E-state index in [1.165, 1.54) is 15.9 Å². The Labute approximate surface area is 166 Å². The van der Waals surface area contributed by atoms with Crippen molar-refractivity contribution in [1.29, 1.82) is 0 Å². The Morgan fingerprint density at radius 1 is 0.500 bits per heavy atom. The third kappa shape index (κ3) is 3.40. The van der Waals surface area contributed by atoms with Crippen molar-refractivity contribution in [3.8, 4) is 11.5 Å². The van der Waals surface area contributed by atoms with Gasteiger partial charge >= 0.3 is 166 Å². The first kappa shape index (κ1) is 18.3. The van der Waals surface area contributed by atoms with Crippen LogP contribution >= 0.6 is 7.26 Å². The van der Waals surface area contributed by atoms with Crippen molar-refractivity contribution in [1.82, 2.24) is 0 Å². The quantitative estimate of drug-likeness (QED) is 0.396. The van der Waals surface area contributed by atoms with Gasteiger partial charge in [-0.15, -0.1) is 0 Å². The van der Waals surface area contributed by atoms with E-state index in [0.29, 0.717) is 0 Å². The predicted octanol–water partition coefficient (Wildman–Crippen LogP) is 4.32. The van der Waals surface area contributed by atoms with Crippen LogP contribution in [-0.2, 0) is 6.16 Å². The number of hydrogen-bond donors (Lipinski definition) is 2. The molecule has 4 aromatic rings. The molecular weight excluding hydrogens is 363 g/mol. The van der Waals surface area contributed by atoms with Gasteiger partial charge in [-0.2, -0.15) is 0 Å². The molecule has 2 N–H and O–H groups in total. The van der Waals surface area contributed by atoms with Crippen molar-refractivity contribution >= 4 is 23.2 Å². The van der Waals surface area contributed by atoms with Gasteiger partial charge in [0.05, 0.1) is 0 Å². The molecule has 0 aliphatic carbocycles. The molecule has 0 radical (unpaired) electrons. The Balaban J connectivity index is 1.99. The van der Waals surface area contributed by atoms with Gasteiger partial charge in [-0.05, 0) is 0 Å². The second-order valence-electron chi connectivity index (χ2n) is 7.00. The van der Waals surface area contributed by atoms with Crippen LogP contribution in [0.3, 0.4) is 0 Å². The topological polar surface area (TPSA) is 40.5 Å². The van der Waals surface area contributed by atoms with Gasteiger partial charge in [0.1, 0.15) is 0 Å². The molecule has 140 valence electrons. The summed E-state index contributed by atoms with van der Waals surface area (Å²) in [7, 11) is -2.40. The summed E-state index contributed by atoms with van der Waals surface area (Å²) < 4.78 is 0. The van der Waals surface area contributed by atoms with Gasteiger partial charge < -0.3 is 0 Å². The number of aromatic hydroxyl groups is 2. The fourth-order valence-electron chi connectivity index (χ4n) is 3.96. The Morgan fingerprint density at radius 2 is 0.929 bits per heavy atom. The monoisotopic (exact) mass is 386 g/mol. The molecule has 0 saturated carbocycles. The minimum absolute atomic E-state index is 0.0745. The standard InChI is InChI=1S/C25H23O2P/c26-24-17-16-20(18-25(24)27)19-28(21-10-4-1-5-11-21,22-12-6-2-7-13-22)23-14-8-3-9-15-23/h1-18,26-28H,19H2. The molecule has 3 heteroatoms. The normalized spacial score (nSPS) is 11.9. The van der Waals surface area contributed by atoms with Gasteiger partial charge in [-0.3, -0.25) is 0 Å². The Bertz CT molecular complexity index is 951. The number of benzene rings is 4. The fourth-order valence-corrected chi connectivity index (χ4v) is 8.69. The molecule has 0 amide bonds. The average molecular weight is 386 g/mol. The first-order valence-corrected chi connectivity index (χ1v) is 11.6. The van der Waals surface area contributed by atoms with Crippen molar-refractivity contribution in [3.05, 3.63) is 115 Å². The molecule has 0 saturated heterocycles. The van der Waals surface area contributed by atoms with Crippen molar-refractivity contribution in [2.75, 3.05) is 0 Å². The number of phenolic OH excluding ortho intramolecular Hbond substituents is 2. The SMILES string of the molecule is Oc1ccc(C[PH](c2ccccc2)(c2ccccc2)c2ccccc2)cc1O. The first-order valence-electron chi connectivity index (χ1n) is 9.37. The molecule has 0 spiro atoms. The maximum absolute atomic E-state index is 10.1. The molecule has 0 atom stereocenters. The third-order valence-corrected chi connectivity index (χ3v) is 10.2. The van der Waals surface area contributed by atoms with Crippen molar-refractivity contribution < 1.29 is 10.2 Å². The van der Waals surface area contributed by atoms with E-state index in [0.717, 1.165) is 11.7 Å². The summed E-state index contributed by atoms with van der Waals surface area (Å²) in [6.07, 6.45) is 0.791. The molecule has 0 bridgehead atoms. The van der Waals surface area contributed by atoms with E-state index < -0.39 is 7.26 Å². The molecule has 0 heterocycles. The van der Waals surface area contributed by atoms with Crippen LogP contribution in [0.2, 0.25) is 0 Å². The van der Waals surface area contributed by atoms with Crippen LogP contribution < -0.4 is 15.9 Å². The maximum atomic E-state index is 10.1. The number of rotatable bonds is 5. The predicted molar refractivity (Wildman–Crippen MR) is 120 cm³/mol. The van der Waals surface area contributed by atoms with Crippen LogP contribution in [-0.4, -0.2) is 10.2 Å². The van der Waals surface area contributed by atoms with E-state index in [1.54, 1.807) is 12.1 Å². The first-order chi connectivity index (χ1) is 13.7. The average Bonchev–Trinajstić information content (AvgIpc) is 2.76. The Morgan fingerprint density at radius 3 is 1.32 bits per heavy atom. The summed E-state index contributed by atoms with van der Waals surface area (Å²) in [5.41, 5.74) is 1.01. The van der Waals surface area contributed by atoms with Crippen LogP contribution in [0.5, 0.6) is 11.5 Å². The number of phenols is 2. The molecule has 2 nitrogen and oxygen atoms in total. The molecule has 0 unspecified atom stereocenters. The van der Waals surface area contributed by atoms with Gasteiger partial charge in [0.2, 0.25) is 0 Å². The summed E-state index contributed by atoms with van der Waals surface area (Å²) in [4.78, 5) is 0. The molecule has 0 aliphatic heterocycles. The zero-order valence-electron chi connectivity index (χ0n) is 15.5. The molecule has 4 aromatic carbocycles. The molecule has 0 fully saturated rings. The summed E-state index contributed by atoms with van der Waals surface area (Å²) in [6, 6.07) is 37.2. The summed E-state index contributed by atoms with van der Waals surface area (Å²) >= 11 is 0. The molecular formula is C25H23O2P. The van der Waals surface area contributed by atoms with E-state index in [1.807, 2.05) is 24.3 Å². The fraction of sp³-hybridized carbons (Fsp3) is 0.0400. The molecule has 0 aromatic heterocycles. The molecule has 28 heavy (non-hydrogen) atoms. The van der Waals surface area contributed by atoms with Crippen molar-refractivity contribution in [2.45, 2.75) is 6.16 Å². The van der Waals surface area contributed by atoms with Crippen molar-refractivity contribution in [3.63, 3.8) is 0 Å². The van der Waals surface area contributed by atoms with Crippen LogP contribution in [0.25, 0.3) is 0 Å². The summed E-state index contributed by atoms with van der Waals surface area (Å²) in [5, 5.41) is 23.8. The van der Waals surface area contributed by atoms with E-state index in [2.05, 4.69) is 72.8 Å². The van der Waals surface area contributed by atoms with Crippen LogP contribution in [0.1, 0.15) is 5.56 Å². The Hall–Kier alpha value is -3.09. The second-order valence-corrected chi connectivity index (χ2v) is 10.9. The zero-order valence-corrected chi connectivity index (χ0v) is 16.5. The van der Waals surface area contributed by atoms with Gasteiger partial charge in [0.25, 0.3) is 0 Å². The van der Waals surface area contributed by atoms with E-state index >= 15 is 0 Å². The van der Waals surface area contributed by atoms with Gasteiger partial charge in [0, 0.05) is 0 Å². The van der Waals surface area contributed by atoms with Crippen LogP contribution in [0, 0.1) is 0 Å². The minimum atomic E-state index is -2.40. The van der Waals surface area contributed by atoms with E-state index in [9.17, 15) is 10.2 Å². The molecule has 0 aliphatic rings. The summed E-state index contributed by atoms with van der Waals surface area (Å²) in [6.45, 7) is 0. The molecule has 4 rings (SSSR count). The van der Waals surface area contributed by atoms with Gasteiger partial charge in [0.15, 0.2) is 0 Å². The zero-order chi connectivity index (χ0) is 19.4. The summed E-state index contributed by atoms with van der Waals surface area (Å²) in [5.74, 6) is -0.162. The number of hydrogen-bond acceptors (Lipinski definition) is 2. The van der Waals surface area contributed by atoms with Crippen molar-refractivity contribution in [2.24, 2.45) is 0 Å². The van der Waals surface area contributed by atoms with Gasteiger partial charge in [-0.1, -0.05) is 0 Å².